The fourth-order valence-electron chi connectivity index (χ4n) is 2.27. The third kappa shape index (κ3) is 2.05. The standard InChI is InChI=1S/C16H14N2O2/c1-18-15(19)13-8-7-12(9-14(13)16(18)20)17-10-11-5-3-2-4-6-11/h2-9,17H,10H2,1H3. The lowest BCUT2D eigenvalue weighted by Gasteiger charge is -2.07. The van der Waals surface area contributed by atoms with Gasteiger partial charge in [0.15, 0.2) is 0 Å². The highest BCUT2D eigenvalue weighted by Gasteiger charge is 2.32. The Labute approximate surface area is 117 Å². The number of carbonyl (C=O) groups is 2. The van der Waals surface area contributed by atoms with Gasteiger partial charge in [0.1, 0.15) is 0 Å². The summed E-state index contributed by atoms with van der Waals surface area (Å²) >= 11 is 0. The highest BCUT2D eigenvalue weighted by molar-refractivity contribution is 6.21. The molecule has 1 heterocycles. The molecule has 0 saturated heterocycles. The quantitative estimate of drug-likeness (QED) is 0.868. The van der Waals surface area contributed by atoms with Crippen LogP contribution in [-0.2, 0) is 6.54 Å². The maximum atomic E-state index is 11.9. The van der Waals surface area contributed by atoms with Crippen molar-refractivity contribution in [3.63, 3.8) is 0 Å². The van der Waals surface area contributed by atoms with Crippen LogP contribution in [0.4, 0.5) is 5.69 Å². The van der Waals surface area contributed by atoms with Crippen LogP contribution in [0, 0.1) is 0 Å². The highest BCUT2D eigenvalue weighted by atomic mass is 16.2. The number of benzene rings is 2. The maximum Gasteiger partial charge on any atom is 0.261 e. The molecule has 2 aromatic rings. The number of hydrogen-bond acceptors (Lipinski definition) is 3. The molecule has 1 aliphatic rings. The second-order valence-corrected chi connectivity index (χ2v) is 4.77. The molecule has 3 rings (SSSR count). The van der Waals surface area contributed by atoms with Gasteiger partial charge in [-0.1, -0.05) is 30.3 Å². The van der Waals surface area contributed by atoms with Crippen molar-refractivity contribution in [3.05, 3.63) is 65.2 Å². The molecule has 0 fully saturated rings. The van der Waals surface area contributed by atoms with Crippen LogP contribution >= 0.6 is 0 Å². The molecule has 20 heavy (non-hydrogen) atoms. The second-order valence-electron chi connectivity index (χ2n) is 4.77. The molecule has 4 nitrogen and oxygen atoms in total. The molecular weight excluding hydrogens is 252 g/mol. The van der Waals surface area contributed by atoms with Crippen molar-refractivity contribution in [2.75, 3.05) is 12.4 Å². The molecule has 1 N–H and O–H groups in total. The van der Waals surface area contributed by atoms with Crippen LogP contribution < -0.4 is 5.32 Å². The minimum atomic E-state index is -0.242. The molecule has 2 aromatic carbocycles. The fraction of sp³-hybridized carbons (Fsp3) is 0.125. The van der Waals surface area contributed by atoms with E-state index in [0.717, 1.165) is 16.2 Å². The summed E-state index contributed by atoms with van der Waals surface area (Å²) in [6, 6.07) is 15.3. The monoisotopic (exact) mass is 266 g/mol. The normalized spacial score (nSPS) is 13.6. The Hall–Kier alpha value is -2.62. The first-order chi connectivity index (χ1) is 9.66. The molecule has 0 radical (unpaired) electrons. The Morgan fingerprint density at radius 3 is 2.40 bits per heavy atom. The van der Waals surface area contributed by atoms with Crippen LogP contribution in [0.1, 0.15) is 26.3 Å². The minimum absolute atomic E-state index is 0.236. The minimum Gasteiger partial charge on any atom is -0.381 e. The second kappa shape index (κ2) is 4.81. The average Bonchev–Trinajstić information content (AvgIpc) is 2.71. The van der Waals surface area contributed by atoms with Gasteiger partial charge >= 0.3 is 0 Å². The summed E-state index contributed by atoms with van der Waals surface area (Å²) < 4.78 is 0. The van der Waals surface area contributed by atoms with Gasteiger partial charge in [-0.3, -0.25) is 14.5 Å². The summed E-state index contributed by atoms with van der Waals surface area (Å²) in [4.78, 5) is 24.8. The summed E-state index contributed by atoms with van der Waals surface area (Å²) in [5, 5.41) is 3.26. The number of carbonyl (C=O) groups excluding carboxylic acids is 2. The predicted octanol–water partition coefficient (Wildman–Crippen LogP) is 2.52. The first kappa shape index (κ1) is 12.4. The molecule has 0 aliphatic carbocycles. The van der Waals surface area contributed by atoms with Crippen molar-refractivity contribution in [2.24, 2.45) is 0 Å². The largest absolute Gasteiger partial charge is 0.381 e. The van der Waals surface area contributed by atoms with Gasteiger partial charge < -0.3 is 5.32 Å². The van der Waals surface area contributed by atoms with Crippen LogP contribution in [0.25, 0.3) is 0 Å². The lowest BCUT2D eigenvalue weighted by Crippen LogP contribution is -2.24. The molecule has 0 atom stereocenters. The Kier molecular flexibility index (Phi) is 2.99. The Bertz CT molecular complexity index is 680. The number of anilines is 1. The first-order valence-electron chi connectivity index (χ1n) is 6.41. The van der Waals surface area contributed by atoms with Gasteiger partial charge in [-0.15, -0.1) is 0 Å². The van der Waals surface area contributed by atoms with Crippen LogP contribution in [0.15, 0.2) is 48.5 Å². The van der Waals surface area contributed by atoms with Gasteiger partial charge in [-0.25, -0.2) is 0 Å². The van der Waals surface area contributed by atoms with Crippen LogP contribution in [0.5, 0.6) is 0 Å². The molecule has 2 amide bonds. The third-order valence-corrected chi connectivity index (χ3v) is 3.43. The van der Waals surface area contributed by atoms with E-state index in [1.54, 1.807) is 12.1 Å². The van der Waals surface area contributed by atoms with E-state index < -0.39 is 0 Å². The number of nitrogens with one attached hydrogen (secondary N) is 1. The number of nitrogens with zero attached hydrogens (tertiary/aromatic N) is 1. The van der Waals surface area contributed by atoms with Crippen molar-refractivity contribution in [1.82, 2.24) is 4.90 Å². The van der Waals surface area contributed by atoms with E-state index in [1.807, 2.05) is 36.4 Å². The molecule has 0 saturated carbocycles. The Balaban J connectivity index is 1.80. The number of imide groups is 1. The van der Waals surface area contributed by atoms with Crippen molar-refractivity contribution < 1.29 is 9.59 Å². The van der Waals surface area contributed by atoms with Crippen molar-refractivity contribution in [2.45, 2.75) is 6.54 Å². The summed E-state index contributed by atoms with van der Waals surface area (Å²) in [5.74, 6) is -0.479. The summed E-state index contributed by atoms with van der Waals surface area (Å²) in [6.07, 6.45) is 0. The van der Waals surface area contributed by atoms with E-state index in [0.29, 0.717) is 17.7 Å². The zero-order valence-electron chi connectivity index (χ0n) is 11.1. The smallest absolute Gasteiger partial charge is 0.261 e. The van der Waals surface area contributed by atoms with E-state index >= 15 is 0 Å². The predicted molar refractivity (Wildman–Crippen MR) is 76.6 cm³/mol. The Morgan fingerprint density at radius 2 is 1.65 bits per heavy atom. The first-order valence-corrected chi connectivity index (χ1v) is 6.41. The van der Waals surface area contributed by atoms with Crippen LogP contribution in [0.3, 0.4) is 0 Å². The van der Waals surface area contributed by atoms with E-state index in [-0.39, 0.29) is 11.8 Å². The molecular formula is C16H14N2O2. The number of amides is 2. The Morgan fingerprint density at radius 1 is 0.950 bits per heavy atom. The molecule has 0 spiro atoms. The molecule has 4 heteroatoms. The molecule has 0 aromatic heterocycles. The van der Waals surface area contributed by atoms with Gasteiger partial charge in [-0.05, 0) is 23.8 Å². The lowest BCUT2D eigenvalue weighted by atomic mass is 10.1. The molecule has 0 bridgehead atoms. The van der Waals surface area contributed by atoms with Crippen molar-refractivity contribution in [3.8, 4) is 0 Å². The van der Waals surface area contributed by atoms with Gasteiger partial charge in [0.2, 0.25) is 0 Å². The van der Waals surface area contributed by atoms with Gasteiger partial charge in [-0.2, -0.15) is 0 Å². The van der Waals surface area contributed by atoms with E-state index in [1.165, 1.54) is 7.05 Å². The molecule has 1 aliphatic heterocycles. The number of fused-ring (bicyclic) bond motifs is 1. The highest BCUT2D eigenvalue weighted by Crippen LogP contribution is 2.24. The lowest BCUT2D eigenvalue weighted by molar-refractivity contribution is 0.0693. The SMILES string of the molecule is CN1C(=O)c2ccc(NCc3ccccc3)cc2C1=O. The fourth-order valence-corrected chi connectivity index (χ4v) is 2.27. The van der Waals surface area contributed by atoms with Crippen LogP contribution in [0.2, 0.25) is 0 Å². The maximum absolute atomic E-state index is 11.9. The average molecular weight is 266 g/mol. The topological polar surface area (TPSA) is 49.4 Å². The number of hydrogen-bond donors (Lipinski definition) is 1. The molecule has 100 valence electrons. The van der Waals surface area contributed by atoms with E-state index in [2.05, 4.69) is 5.32 Å². The van der Waals surface area contributed by atoms with Gasteiger partial charge in [0, 0.05) is 19.3 Å². The van der Waals surface area contributed by atoms with Gasteiger partial charge in [0.05, 0.1) is 11.1 Å². The molecule has 0 unspecified atom stereocenters. The summed E-state index contributed by atoms with van der Waals surface area (Å²) in [7, 11) is 1.50. The van der Waals surface area contributed by atoms with Crippen LogP contribution in [-0.4, -0.2) is 23.8 Å². The zero-order valence-corrected chi connectivity index (χ0v) is 11.1. The van der Waals surface area contributed by atoms with E-state index in [9.17, 15) is 9.59 Å². The van der Waals surface area contributed by atoms with Gasteiger partial charge in [0.25, 0.3) is 11.8 Å². The number of rotatable bonds is 3. The van der Waals surface area contributed by atoms with E-state index in [4.69, 9.17) is 0 Å². The third-order valence-electron chi connectivity index (χ3n) is 3.43. The zero-order chi connectivity index (χ0) is 14.1. The van der Waals surface area contributed by atoms with Crippen molar-refractivity contribution in [1.29, 1.82) is 0 Å². The summed E-state index contributed by atoms with van der Waals surface area (Å²) in [6.45, 7) is 0.678. The van der Waals surface area contributed by atoms with Crippen molar-refractivity contribution >= 4 is 17.5 Å². The summed E-state index contributed by atoms with van der Waals surface area (Å²) in [5.41, 5.74) is 2.94.